The summed E-state index contributed by atoms with van der Waals surface area (Å²) in [5.74, 6) is -0.944. The summed E-state index contributed by atoms with van der Waals surface area (Å²) in [5, 5.41) is 4.43. The predicted octanol–water partition coefficient (Wildman–Crippen LogP) is 2.46. The van der Waals surface area contributed by atoms with Crippen molar-refractivity contribution < 1.29 is 13.9 Å². The van der Waals surface area contributed by atoms with E-state index >= 15 is 0 Å². The number of allylic oxidation sites excluding steroid dienone is 1. The Kier molecular flexibility index (Phi) is 5.92. The minimum Gasteiger partial charge on any atom is -0.463 e. The van der Waals surface area contributed by atoms with Crippen molar-refractivity contribution in [2.75, 3.05) is 6.61 Å². The minimum atomic E-state index is -0.757. The molecule has 1 aliphatic rings. The molecule has 7 nitrogen and oxygen atoms in total. The molecule has 166 valence electrons. The Balaban J connectivity index is 1.95. The number of carbonyl (C=O) groups excluding carboxylic acids is 1. The lowest BCUT2D eigenvalue weighted by atomic mass is 9.96. The van der Waals surface area contributed by atoms with Crippen LogP contribution in [0, 0.1) is 12.7 Å². The van der Waals surface area contributed by atoms with Gasteiger partial charge in [0.2, 0.25) is 0 Å². The number of aryl methyl sites for hydroxylation is 2. The molecule has 1 atom stereocenters. The smallest absolute Gasteiger partial charge is 0.338 e. The second-order valence-corrected chi connectivity index (χ2v) is 8.39. The van der Waals surface area contributed by atoms with Crippen LogP contribution in [0.2, 0.25) is 0 Å². The van der Waals surface area contributed by atoms with Gasteiger partial charge in [-0.2, -0.15) is 5.10 Å². The van der Waals surface area contributed by atoms with Crippen LogP contribution in [0.25, 0.3) is 6.08 Å². The van der Waals surface area contributed by atoms with Gasteiger partial charge in [-0.05, 0) is 51.5 Å². The van der Waals surface area contributed by atoms with Crippen LogP contribution in [-0.2, 0) is 16.1 Å². The predicted molar refractivity (Wildman–Crippen MR) is 119 cm³/mol. The highest BCUT2D eigenvalue weighted by Crippen LogP contribution is 2.30. The van der Waals surface area contributed by atoms with Crippen molar-refractivity contribution in [2.45, 2.75) is 40.3 Å². The van der Waals surface area contributed by atoms with Gasteiger partial charge in [-0.3, -0.25) is 14.0 Å². The summed E-state index contributed by atoms with van der Waals surface area (Å²) in [6.07, 6.45) is 3.68. The van der Waals surface area contributed by atoms with E-state index in [2.05, 4.69) is 10.1 Å². The van der Waals surface area contributed by atoms with Crippen LogP contribution < -0.4 is 14.9 Å². The summed E-state index contributed by atoms with van der Waals surface area (Å²) in [7, 11) is 0. The lowest BCUT2D eigenvalue weighted by Crippen LogP contribution is -2.39. The summed E-state index contributed by atoms with van der Waals surface area (Å²) < 4.78 is 22.6. The third-order valence-electron chi connectivity index (χ3n) is 5.30. The average Bonchev–Trinajstić information content (AvgIpc) is 3.27. The molecule has 0 unspecified atom stereocenters. The number of rotatable bonds is 5. The number of benzene rings is 1. The standard InChI is InChI=1S/C23H23FN4O3S/c1-5-27-12-16(13(3)26-27)11-18-21(29)28-20(15-7-9-17(24)10-8-15)19(22(30)31-6-2)14(4)25-23(28)32-18/h7-12,20H,5-6H2,1-4H3/t20-/m1/s1. The number of hydrogen-bond acceptors (Lipinski definition) is 6. The molecule has 2 aromatic heterocycles. The van der Waals surface area contributed by atoms with Gasteiger partial charge in [0.15, 0.2) is 4.80 Å². The van der Waals surface area contributed by atoms with Crippen molar-refractivity contribution in [2.24, 2.45) is 4.99 Å². The Bertz CT molecular complexity index is 1400. The fourth-order valence-corrected chi connectivity index (χ4v) is 4.77. The van der Waals surface area contributed by atoms with E-state index in [9.17, 15) is 14.0 Å². The molecule has 9 heteroatoms. The molecule has 1 aliphatic heterocycles. The summed E-state index contributed by atoms with van der Waals surface area (Å²) in [5.41, 5.74) is 2.73. The van der Waals surface area contributed by atoms with E-state index in [0.29, 0.717) is 20.6 Å². The molecule has 0 fully saturated rings. The fourth-order valence-electron chi connectivity index (χ4n) is 3.73. The van der Waals surface area contributed by atoms with E-state index in [1.54, 1.807) is 32.1 Å². The normalized spacial score (nSPS) is 16.2. The van der Waals surface area contributed by atoms with E-state index in [-0.39, 0.29) is 17.7 Å². The van der Waals surface area contributed by atoms with Crippen LogP contribution in [0.5, 0.6) is 0 Å². The van der Waals surface area contributed by atoms with Crippen LogP contribution in [0.15, 0.2) is 51.5 Å². The molecule has 3 aromatic rings. The lowest BCUT2D eigenvalue weighted by molar-refractivity contribution is -0.139. The Morgan fingerprint density at radius 1 is 1.25 bits per heavy atom. The molecule has 3 heterocycles. The van der Waals surface area contributed by atoms with Gasteiger partial charge in [0.1, 0.15) is 5.82 Å². The van der Waals surface area contributed by atoms with Gasteiger partial charge in [-0.15, -0.1) is 0 Å². The number of esters is 1. The molecule has 32 heavy (non-hydrogen) atoms. The molecule has 0 amide bonds. The van der Waals surface area contributed by atoms with Crippen LogP contribution in [0.4, 0.5) is 4.39 Å². The molecule has 1 aromatic carbocycles. The van der Waals surface area contributed by atoms with Gasteiger partial charge in [0.25, 0.3) is 5.56 Å². The molecule has 0 spiro atoms. The van der Waals surface area contributed by atoms with Crippen molar-refractivity contribution in [1.82, 2.24) is 14.3 Å². The summed E-state index contributed by atoms with van der Waals surface area (Å²) in [4.78, 5) is 31.3. The van der Waals surface area contributed by atoms with Gasteiger partial charge in [-0.1, -0.05) is 23.5 Å². The first-order chi connectivity index (χ1) is 15.3. The zero-order valence-corrected chi connectivity index (χ0v) is 19.1. The fraction of sp³-hybridized carbons (Fsp3) is 0.304. The third kappa shape index (κ3) is 3.84. The number of hydrogen-bond donors (Lipinski definition) is 0. The first-order valence-electron chi connectivity index (χ1n) is 10.3. The molecule has 0 saturated heterocycles. The van der Waals surface area contributed by atoms with Crippen molar-refractivity contribution in [3.63, 3.8) is 0 Å². The molecule has 0 aliphatic carbocycles. The molecule has 0 N–H and O–H groups in total. The SMILES string of the molecule is CCOC(=O)C1=C(C)N=c2sc(=Cc3cn(CC)nc3C)c(=O)n2[C@@H]1c1ccc(F)cc1. The number of halogens is 1. The monoisotopic (exact) mass is 454 g/mol. The summed E-state index contributed by atoms with van der Waals surface area (Å²) in [6.45, 7) is 8.23. The highest BCUT2D eigenvalue weighted by atomic mass is 32.1. The van der Waals surface area contributed by atoms with Gasteiger partial charge in [-0.25, -0.2) is 14.2 Å². The van der Waals surface area contributed by atoms with E-state index in [0.717, 1.165) is 17.8 Å². The second kappa shape index (κ2) is 8.66. The quantitative estimate of drug-likeness (QED) is 0.555. The van der Waals surface area contributed by atoms with E-state index in [4.69, 9.17) is 4.74 Å². The maximum atomic E-state index is 13.6. The van der Waals surface area contributed by atoms with Gasteiger partial charge < -0.3 is 4.74 Å². The third-order valence-corrected chi connectivity index (χ3v) is 6.28. The van der Waals surface area contributed by atoms with Crippen molar-refractivity contribution in [3.05, 3.63) is 84.1 Å². The molecule has 4 rings (SSSR count). The number of carbonyl (C=O) groups is 1. The number of aromatic nitrogens is 3. The maximum absolute atomic E-state index is 13.6. The second-order valence-electron chi connectivity index (χ2n) is 7.38. The Morgan fingerprint density at radius 2 is 1.97 bits per heavy atom. The average molecular weight is 455 g/mol. The Hall–Kier alpha value is -3.33. The molecule has 0 saturated carbocycles. The number of ether oxygens (including phenoxy) is 1. The topological polar surface area (TPSA) is 78.5 Å². The van der Waals surface area contributed by atoms with Gasteiger partial charge in [0, 0.05) is 18.3 Å². The number of fused-ring (bicyclic) bond motifs is 1. The molecule has 0 bridgehead atoms. The van der Waals surface area contributed by atoms with E-state index in [1.165, 1.54) is 28.0 Å². The summed E-state index contributed by atoms with van der Waals surface area (Å²) >= 11 is 1.25. The molecular weight excluding hydrogens is 431 g/mol. The van der Waals surface area contributed by atoms with Crippen molar-refractivity contribution >= 4 is 23.4 Å². The van der Waals surface area contributed by atoms with Crippen molar-refractivity contribution in [3.8, 4) is 0 Å². The number of thiazole rings is 1. The Morgan fingerprint density at radius 3 is 2.59 bits per heavy atom. The highest BCUT2D eigenvalue weighted by Gasteiger charge is 2.33. The van der Waals surface area contributed by atoms with Crippen LogP contribution >= 0.6 is 11.3 Å². The lowest BCUT2D eigenvalue weighted by Gasteiger charge is -2.24. The van der Waals surface area contributed by atoms with Crippen molar-refractivity contribution in [1.29, 1.82) is 0 Å². The van der Waals surface area contributed by atoms with Gasteiger partial charge in [0.05, 0.1) is 34.1 Å². The first kappa shape index (κ1) is 21.9. The minimum absolute atomic E-state index is 0.191. The van der Waals surface area contributed by atoms with Crippen LogP contribution in [-0.4, -0.2) is 26.9 Å². The van der Waals surface area contributed by atoms with Crippen LogP contribution in [0.3, 0.4) is 0 Å². The number of nitrogens with zero attached hydrogens (tertiary/aromatic N) is 4. The largest absolute Gasteiger partial charge is 0.463 e. The van der Waals surface area contributed by atoms with E-state index in [1.807, 2.05) is 24.7 Å². The van der Waals surface area contributed by atoms with Gasteiger partial charge >= 0.3 is 5.97 Å². The molecular formula is C23H23FN4O3S. The first-order valence-corrected chi connectivity index (χ1v) is 11.1. The maximum Gasteiger partial charge on any atom is 0.338 e. The highest BCUT2D eigenvalue weighted by molar-refractivity contribution is 7.07. The van der Waals surface area contributed by atoms with E-state index < -0.39 is 17.8 Å². The Labute approximate surface area is 187 Å². The van der Waals surface area contributed by atoms with Crippen LogP contribution in [0.1, 0.15) is 43.6 Å². The zero-order chi connectivity index (χ0) is 23.0. The summed E-state index contributed by atoms with van der Waals surface area (Å²) in [6, 6.07) is 5.01. The zero-order valence-electron chi connectivity index (χ0n) is 18.3. The molecule has 0 radical (unpaired) electrons.